The molecule has 1 aromatic heterocycles. The summed E-state index contributed by atoms with van der Waals surface area (Å²) in [6.07, 6.45) is 1.29. The highest BCUT2D eigenvalue weighted by Crippen LogP contribution is 2.29. The van der Waals surface area contributed by atoms with Crippen LogP contribution in [0.2, 0.25) is 0 Å². The molecular weight excluding hydrogens is 356 g/mol. The molecule has 1 aliphatic rings. The highest BCUT2D eigenvalue weighted by molar-refractivity contribution is 9.10. The summed E-state index contributed by atoms with van der Waals surface area (Å²) >= 11 is 3.45. The molecule has 23 heavy (non-hydrogen) atoms. The minimum Gasteiger partial charge on any atom is -0.465 e. The van der Waals surface area contributed by atoms with Crippen LogP contribution < -0.4 is 5.32 Å². The lowest BCUT2D eigenvalue weighted by Gasteiger charge is -2.45. The molecule has 2 heterocycles. The number of furan rings is 1. The normalized spacial score (nSPS) is 23.1. The third-order valence-electron chi connectivity index (χ3n) is 4.82. The van der Waals surface area contributed by atoms with Crippen LogP contribution in [-0.2, 0) is 0 Å². The predicted octanol–water partition coefficient (Wildman–Crippen LogP) is 4.15. The van der Waals surface area contributed by atoms with Crippen LogP contribution in [0, 0.1) is 25.7 Å². The molecule has 0 aliphatic carbocycles. The van der Waals surface area contributed by atoms with Crippen LogP contribution >= 0.6 is 15.9 Å². The van der Waals surface area contributed by atoms with Crippen molar-refractivity contribution in [2.24, 2.45) is 11.8 Å². The van der Waals surface area contributed by atoms with Gasteiger partial charge in [0.1, 0.15) is 11.5 Å². The summed E-state index contributed by atoms with van der Waals surface area (Å²) in [6.45, 7) is 15.5. The molecule has 1 fully saturated rings. The summed E-state index contributed by atoms with van der Waals surface area (Å²) in [5.74, 6) is 2.75. The number of amides is 1. The van der Waals surface area contributed by atoms with Gasteiger partial charge in [0, 0.05) is 25.2 Å². The van der Waals surface area contributed by atoms with E-state index in [-0.39, 0.29) is 11.4 Å². The Balaban J connectivity index is 2.02. The second-order valence-electron chi connectivity index (χ2n) is 7.75. The van der Waals surface area contributed by atoms with Crippen molar-refractivity contribution in [3.05, 3.63) is 21.6 Å². The van der Waals surface area contributed by atoms with Crippen molar-refractivity contribution >= 4 is 21.8 Å². The first-order valence-electron chi connectivity index (χ1n) is 8.40. The lowest BCUT2D eigenvalue weighted by molar-refractivity contribution is 0.0444. The van der Waals surface area contributed by atoms with Gasteiger partial charge in [-0.1, -0.05) is 13.8 Å². The van der Waals surface area contributed by atoms with Crippen molar-refractivity contribution in [2.45, 2.75) is 53.5 Å². The minimum atomic E-state index is -0.0718. The molecule has 0 saturated carbocycles. The second-order valence-corrected chi connectivity index (χ2v) is 8.54. The van der Waals surface area contributed by atoms with Crippen LogP contribution in [0.4, 0.5) is 0 Å². The zero-order valence-corrected chi connectivity index (χ0v) is 16.7. The molecule has 1 N–H and O–H groups in total. The number of nitrogens with one attached hydrogen (secondary N) is 1. The van der Waals surface area contributed by atoms with Gasteiger partial charge in [-0.15, -0.1) is 0 Å². The molecule has 2 atom stereocenters. The van der Waals surface area contributed by atoms with Crippen molar-refractivity contribution in [3.8, 4) is 0 Å². The fraction of sp³-hybridized carbons (Fsp3) is 0.722. The van der Waals surface area contributed by atoms with Gasteiger partial charge in [0.15, 0.2) is 0 Å². The number of piperidine rings is 1. The zero-order chi connectivity index (χ0) is 17.4. The molecule has 0 radical (unpaired) electrons. The number of carbonyl (C=O) groups is 1. The Morgan fingerprint density at radius 2 is 1.83 bits per heavy atom. The number of nitrogens with zero attached hydrogens (tertiary/aromatic N) is 1. The summed E-state index contributed by atoms with van der Waals surface area (Å²) in [5.41, 5.74) is 0.552. The number of halogens is 1. The molecule has 0 aromatic carbocycles. The van der Waals surface area contributed by atoms with Gasteiger partial charge < -0.3 is 9.73 Å². The highest BCUT2D eigenvalue weighted by Gasteiger charge is 2.33. The van der Waals surface area contributed by atoms with Crippen LogP contribution in [0.5, 0.6) is 0 Å². The summed E-state index contributed by atoms with van der Waals surface area (Å²) in [4.78, 5) is 15.0. The number of carbonyl (C=O) groups excluding carboxylic acids is 1. The van der Waals surface area contributed by atoms with E-state index in [9.17, 15) is 4.79 Å². The summed E-state index contributed by atoms with van der Waals surface area (Å²) < 4.78 is 6.28. The predicted molar refractivity (Wildman–Crippen MR) is 96.8 cm³/mol. The molecule has 2 rings (SSSR count). The standard InChI is InChI=1S/C18H29BrN2O2/c1-11-7-12(2)9-21(8-11)18(5,6)10-20-17(22)15-13(3)23-14(4)16(15)19/h11-12H,7-10H2,1-6H3,(H,20,22). The van der Waals surface area contributed by atoms with E-state index < -0.39 is 0 Å². The van der Waals surface area contributed by atoms with Gasteiger partial charge in [0.05, 0.1) is 10.0 Å². The van der Waals surface area contributed by atoms with Gasteiger partial charge in [0.2, 0.25) is 0 Å². The SMILES string of the molecule is Cc1oc(C)c(C(=O)NCC(C)(C)N2CC(C)CC(C)C2)c1Br. The average molecular weight is 385 g/mol. The topological polar surface area (TPSA) is 45.5 Å². The Hall–Kier alpha value is -0.810. The first kappa shape index (κ1) is 18.5. The third kappa shape index (κ3) is 4.18. The second kappa shape index (κ2) is 6.98. The molecule has 130 valence electrons. The fourth-order valence-electron chi connectivity index (χ4n) is 3.57. The number of hydrogen-bond acceptors (Lipinski definition) is 3. The van der Waals surface area contributed by atoms with Crippen molar-refractivity contribution in [2.75, 3.05) is 19.6 Å². The van der Waals surface area contributed by atoms with E-state index in [1.54, 1.807) is 0 Å². The third-order valence-corrected chi connectivity index (χ3v) is 5.78. The zero-order valence-electron chi connectivity index (χ0n) is 15.1. The van der Waals surface area contributed by atoms with Crippen molar-refractivity contribution in [3.63, 3.8) is 0 Å². The van der Waals surface area contributed by atoms with E-state index in [1.807, 2.05) is 13.8 Å². The van der Waals surface area contributed by atoms with E-state index >= 15 is 0 Å². The van der Waals surface area contributed by atoms with E-state index in [1.165, 1.54) is 6.42 Å². The van der Waals surface area contributed by atoms with Crippen molar-refractivity contribution in [1.29, 1.82) is 0 Å². The molecule has 2 unspecified atom stereocenters. The molecular formula is C18H29BrN2O2. The lowest BCUT2D eigenvalue weighted by Crippen LogP contribution is -2.56. The average Bonchev–Trinajstić information content (AvgIpc) is 2.69. The Labute approximate surface area is 148 Å². The van der Waals surface area contributed by atoms with Gasteiger partial charge in [-0.05, 0) is 61.9 Å². The van der Waals surface area contributed by atoms with E-state index in [4.69, 9.17) is 4.42 Å². The molecule has 4 nitrogen and oxygen atoms in total. The molecule has 1 saturated heterocycles. The molecule has 0 bridgehead atoms. The van der Waals surface area contributed by atoms with E-state index in [2.05, 4.69) is 53.8 Å². The van der Waals surface area contributed by atoms with Crippen molar-refractivity contribution < 1.29 is 9.21 Å². The maximum absolute atomic E-state index is 12.5. The van der Waals surface area contributed by atoms with Crippen LogP contribution in [0.3, 0.4) is 0 Å². The quantitative estimate of drug-likeness (QED) is 0.847. The summed E-state index contributed by atoms with van der Waals surface area (Å²) in [5, 5.41) is 3.09. The minimum absolute atomic E-state index is 0.0578. The van der Waals surface area contributed by atoms with Crippen LogP contribution in [0.25, 0.3) is 0 Å². The van der Waals surface area contributed by atoms with Gasteiger partial charge in [-0.3, -0.25) is 9.69 Å². The first-order valence-corrected chi connectivity index (χ1v) is 9.20. The van der Waals surface area contributed by atoms with E-state index in [0.29, 0.717) is 29.7 Å². The number of likely N-dealkylation sites (tertiary alicyclic amines) is 1. The Bertz CT molecular complexity index is 570. The van der Waals surface area contributed by atoms with Crippen molar-refractivity contribution in [1.82, 2.24) is 10.2 Å². The lowest BCUT2D eigenvalue weighted by atomic mass is 9.88. The summed E-state index contributed by atoms with van der Waals surface area (Å²) in [7, 11) is 0. The van der Waals surface area contributed by atoms with Crippen LogP contribution in [0.1, 0.15) is 56.0 Å². The summed E-state index contributed by atoms with van der Waals surface area (Å²) in [6, 6.07) is 0. The monoisotopic (exact) mass is 384 g/mol. The number of hydrogen-bond donors (Lipinski definition) is 1. The Morgan fingerprint density at radius 3 is 2.30 bits per heavy atom. The molecule has 1 aromatic rings. The number of rotatable bonds is 4. The van der Waals surface area contributed by atoms with Gasteiger partial charge in [0.25, 0.3) is 5.91 Å². The van der Waals surface area contributed by atoms with E-state index in [0.717, 1.165) is 23.3 Å². The maximum Gasteiger partial charge on any atom is 0.256 e. The van der Waals surface area contributed by atoms with Crippen LogP contribution in [0.15, 0.2) is 8.89 Å². The van der Waals surface area contributed by atoms with Gasteiger partial charge in [-0.25, -0.2) is 0 Å². The molecule has 5 heteroatoms. The largest absolute Gasteiger partial charge is 0.465 e. The number of aryl methyl sites for hydroxylation is 2. The van der Waals surface area contributed by atoms with Gasteiger partial charge in [-0.2, -0.15) is 0 Å². The molecule has 1 aliphatic heterocycles. The Kier molecular flexibility index (Phi) is 5.62. The van der Waals surface area contributed by atoms with Gasteiger partial charge >= 0.3 is 0 Å². The first-order chi connectivity index (χ1) is 10.6. The smallest absolute Gasteiger partial charge is 0.256 e. The molecule has 0 spiro atoms. The Morgan fingerprint density at radius 1 is 1.26 bits per heavy atom. The maximum atomic E-state index is 12.5. The highest BCUT2D eigenvalue weighted by atomic mass is 79.9. The molecule has 1 amide bonds. The fourth-order valence-corrected chi connectivity index (χ4v) is 4.11. The van der Waals surface area contributed by atoms with Crippen LogP contribution in [-0.4, -0.2) is 36.0 Å².